The van der Waals surface area contributed by atoms with E-state index in [-0.39, 0.29) is 5.91 Å². The van der Waals surface area contributed by atoms with Crippen LogP contribution in [0.5, 0.6) is 0 Å². The summed E-state index contributed by atoms with van der Waals surface area (Å²) in [5, 5.41) is 0.299. The summed E-state index contributed by atoms with van der Waals surface area (Å²) >= 11 is 5.93. The Bertz CT molecular complexity index is 640. The number of pyridine rings is 1. The number of piperazine rings is 1. The molecule has 1 aromatic heterocycles. The Hall–Kier alpha value is -1.18. The number of hydrogen-bond acceptors (Lipinski definition) is 4. The van der Waals surface area contributed by atoms with Crippen LogP contribution in [0.3, 0.4) is 0 Å². The Morgan fingerprint density at radius 1 is 1.29 bits per heavy atom. The molecule has 2 rings (SSSR count). The van der Waals surface area contributed by atoms with Gasteiger partial charge in [-0.3, -0.25) is 4.79 Å². The van der Waals surface area contributed by atoms with Crippen molar-refractivity contribution in [1.29, 1.82) is 0 Å². The average Bonchev–Trinajstić information content (AvgIpc) is 2.45. The highest BCUT2D eigenvalue weighted by atomic mass is 35.5. The van der Waals surface area contributed by atoms with E-state index >= 15 is 0 Å². The molecule has 6 nitrogen and oxygen atoms in total. The minimum absolute atomic E-state index is 0.137. The van der Waals surface area contributed by atoms with E-state index in [0.29, 0.717) is 43.3 Å². The molecular weight excluding hydrogens is 314 g/mol. The minimum atomic E-state index is -3.19. The van der Waals surface area contributed by atoms with Gasteiger partial charge in [-0.1, -0.05) is 18.5 Å². The first kappa shape index (κ1) is 16.2. The fourth-order valence-corrected chi connectivity index (χ4v) is 3.31. The van der Waals surface area contributed by atoms with Crippen molar-refractivity contribution >= 4 is 27.5 Å². The van der Waals surface area contributed by atoms with Crippen LogP contribution in [-0.4, -0.2) is 60.9 Å². The van der Waals surface area contributed by atoms with Crippen molar-refractivity contribution in [3.63, 3.8) is 0 Å². The third-order valence-electron chi connectivity index (χ3n) is 3.45. The zero-order valence-corrected chi connectivity index (χ0v) is 13.6. The maximum absolute atomic E-state index is 12.4. The van der Waals surface area contributed by atoms with Gasteiger partial charge in [0.1, 0.15) is 5.15 Å². The van der Waals surface area contributed by atoms with Crippen LogP contribution in [0.1, 0.15) is 23.0 Å². The van der Waals surface area contributed by atoms with E-state index in [9.17, 15) is 13.2 Å². The monoisotopic (exact) mass is 331 g/mol. The molecule has 0 aromatic carbocycles. The lowest BCUT2D eigenvalue weighted by Crippen LogP contribution is -2.50. The highest BCUT2D eigenvalue weighted by Gasteiger charge is 2.26. The topological polar surface area (TPSA) is 70.6 Å². The normalized spacial score (nSPS) is 17.0. The van der Waals surface area contributed by atoms with Gasteiger partial charge in [-0.2, -0.15) is 4.31 Å². The molecule has 1 aliphatic heterocycles. The van der Waals surface area contributed by atoms with Gasteiger partial charge >= 0.3 is 0 Å². The first-order valence-electron chi connectivity index (χ1n) is 6.72. The van der Waals surface area contributed by atoms with Gasteiger partial charge in [0.15, 0.2) is 0 Å². The number of carbonyl (C=O) groups is 1. The van der Waals surface area contributed by atoms with Crippen LogP contribution in [0.25, 0.3) is 0 Å². The Morgan fingerprint density at radius 3 is 2.43 bits per heavy atom. The van der Waals surface area contributed by atoms with Crippen LogP contribution < -0.4 is 0 Å². The van der Waals surface area contributed by atoms with Gasteiger partial charge in [0.2, 0.25) is 10.0 Å². The smallest absolute Gasteiger partial charge is 0.254 e. The van der Waals surface area contributed by atoms with Crippen LogP contribution in [-0.2, 0) is 16.4 Å². The molecular formula is C13H18ClN3O3S. The van der Waals surface area contributed by atoms with Gasteiger partial charge in [0.25, 0.3) is 5.91 Å². The summed E-state index contributed by atoms with van der Waals surface area (Å²) in [6, 6.07) is 3.28. The highest BCUT2D eigenvalue weighted by molar-refractivity contribution is 7.88. The van der Waals surface area contributed by atoms with E-state index in [1.807, 2.05) is 6.92 Å². The van der Waals surface area contributed by atoms with Crippen LogP contribution in [0, 0.1) is 0 Å². The fourth-order valence-electron chi connectivity index (χ4n) is 2.26. The van der Waals surface area contributed by atoms with E-state index in [4.69, 9.17) is 11.6 Å². The lowest BCUT2D eigenvalue weighted by Gasteiger charge is -2.33. The third-order valence-corrected chi connectivity index (χ3v) is 4.95. The van der Waals surface area contributed by atoms with Gasteiger partial charge in [0.05, 0.1) is 6.26 Å². The zero-order chi connectivity index (χ0) is 15.6. The average molecular weight is 332 g/mol. The van der Waals surface area contributed by atoms with E-state index in [0.717, 1.165) is 5.69 Å². The molecule has 0 N–H and O–H groups in total. The van der Waals surface area contributed by atoms with Gasteiger partial charge in [-0.25, -0.2) is 13.4 Å². The molecule has 0 bridgehead atoms. The van der Waals surface area contributed by atoms with Gasteiger partial charge in [-0.15, -0.1) is 0 Å². The zero-order valence-electron chi connectivity index (χ0n) is 12.0. The Labute approximate surface area is 129 Å². The number of amides is 1. The molecule has 0 radical (unpaired) electrons. The van der Waals surface area contributed by atoms with E-state index in [2.05, 4.69) is 4.98 Å². The van der Waals surface area contributed by atoms with E-state index < -0.39 is 10.0 Å². The van der Waals surface area contributed by atoms with Crippen LogP contribution in [0.2, 0.25) is 5.15 Å². The summed E-state index contributed by atoms with van der Waals surface area (Å²) in [6.45, 7) is 3.35. The van der Waals surface area contributed by atoms with Crippen LogP contribution in [0.4, 0.5) is 0 Å². The van der Waals surface area contributed by atoms with E-state index in [1.54, 1.807) is 17.0 Å². The number of halogens is 1. The predicted octanol–water partition coefficient (Wildman–Crippen LogP) is 1.01. The Kier molecular flexibility index (Phi) is 4.85. The molecule has 1 amide bonds. The van der Waals surface area contributed by atoms with Crippen molar-refractivity contribution in [3.8, 4) is 0 Å². The Morgan fingerprint density at radius 2 is 1.90 bits per heavy atom. The fraction of sp³-hybridized carbons (Fsp3) is 0.538. The summed E-state index contributed by atoms with van der Waals surface area (Å²) in [4.78, 5) is 18.2. The van der Waals surface area contributed by atoms with Crippen LogP contribution in [0.15, 0.2) is 12.1 Å². The summed E-state index contributed by atoms with van der Waals surface area (Å²) < 4.78 is 24.3. The minimum Gasteiger partial charge on any atom is -0.336 e. The molecule has 0 spiro atoms. The number of carbonyl (C=O) groups excluding carboxylic acids is 1. The largest absolute Gasteiger partial charge is 0.336 e. The summed E-state index contributed by atoms with van der Waals surface area (Å²) in [5.41, 5.74) is 1.26. The van der Waals surface area contributed by atoms with Crippen molar-refractivity contribution in [2.24, 2.45) is 0 Å². The number of rotatable bonds is 3. The quantitative estimate of drug-likeness (QED) is 0.775. The molecule has 21 heavy (non-hydrogen) atoms. The van der Waals surface area contributed by atoms with Gasteiger partial charge in [-0.05, 0) is 18.6 Å². The molecule has 1 fully saturated rings. The summed E-state index contributed by atoms with van der Waals surface area (Å²) in [5.74, 6) is -0.137. The molecule has 1 aliphatic rings. The van der Waals surface area contributed by atoms with Crippen molar-refractivity contribution < 1.29 is 13.2 Å². The molecule has 0 aliphatic carbocycles. The predicted molar refractivity (Wildman–Crippen MR) is 80.9 cm³/mol. The van der Waals surface area contributed by atoms with Crippen molar-refractivity contribution in [3.05, 3.63) is 28.5 Å². The molecule has 0 unspecified atom stereocenters. The number of aryl methyl sites for hydroxylation is 1. The first-order chi connectivity index (χ1) is 9.81. The standard InChI is InChI=1S/C13H18ClN3O3S/c1-3-11-8-10(9-12(14)15-11)13(18)16-4-6-17(7-5-16)21(2,19)20/h8-9H,3-7H2,1-2H3. The third kappa shape index (κ3) is 3.93. The summed E-state index contributed by atoms with van der Waals surface area (Å²) in [6.07, 6.45) is 1.88. The number of hydrogen-bond donors (Lipinski definition) is 0. The molecule has 0 atom stereocenters. The molecule has 116 valence electrons. The van der Waals surface area contributed by atoms with Gasteiger partial charge in [0, 0.05) is 37.4 Å². The lowest BCUT2D eigenvalue weighted by molar-refractivity contribution is 0.0698. The Balaban J connectivity index is 2.10. The first-order valence-corrected chi connectivity index (χ1v) is 8.94. The molecule has 0 saturated carbocycles. The maximum atomic E-state index is 12.4. The van der Waals surface area contributed by atoms with Crippen molar-refractivity contribution in [1.82, 2.24) is 14.2 Å². The molecule has 2 heterocycles. The number of aromatic nitrogens is 1. The SMILES string of the molecule is CCc1cc(C(=O)N2CCN(S(C)(=O)=O)CC2)cc(Cl)n1. The number of sulfonamides is 1. The maximum Gasteiger partial charge on any atom is 0.254 e. The van der Waals surface area contributed by atoms with Crippen LogP contribution >= 0.6 is 11.6 Å². The second-order valence-electron chi connectivity index (χ2n) is 4.98. The van der Waals surface area contributed by atoms with Crippen molar-refractivity contribution in [2.45, 2.75) is 13.3 Å². The lowest BCUT2D eigenvalue weighted by atomic mass is 10.1. The number of nitrogens with zero attached hydrogens (tertiary/aromatic N) is 3. The second-order valence-corrected chi connectivity index (χ2v) is 7.35. The summed E-state index contributed by atoms with van der Waals surface area (Å²) in [7, 11) is -3.19. The second kappa shape index (κ2) is 6.29. The highest BCUT2D eigenvalue weighted by Crippen LogP contribution is 2.15. The van der Waals surface area contributed by atoms with E-state index in [1.165, 1.54) is 10.6 Å². The van der Waals surface area contributed by atoms with Crippen molar-refractivity contribution in [2.75, 3.05) is 32.4 Å². The molecule has 1 aromatic rings. The molecule has 1 saturated heterocycles. The molecule has 8 heteroatoms. The van der Waals surface area contributed by atoms with Gasteiger partial charge < -0.3 is 4.90 Å².